The van der Waals surface area contributed by atoms with Crippen molar-refractivity contribution in [2.45, 2.75) is 6.10 Å². The molecule has 1 heterocycles. The molecule has 0 bridgehead atoms. The Morgan fingerprint density at radius 1 is 1.36 bits per heavy atom. The van der Waals surface area contributed by atoms with Crippen molar-refractivity contribution < 1.29 is 15.0 Å². The zero-order valence-electron chi connectivity index (χ0n) is 7.27. The highest BCUT2D eigenvalue weighted by atomic mass is 16.4. The number of hydrogen-bond donors (Lipinski definition) is 3. The lowest BCUT2D eigenvalue weighted by Gasteiger charge is -2.00. The first-order chi connectivity index (χ1) is 6.68. The van der Waals surface area contributed by atoms with Crippen LogP contribution in [0.25, 0.3) is 10.9 Å². The van der Waals surface area contributed by atoms with Crippen LogP contribution in [0.1, 0.15) is 11.8 Å². The molecule has 1 aromatic heterocycles. The van der Waals surface area contributed by atoms with Crippen molar-refractivity contribution in [2.75, 3.05) is 0 Å². The molecule has 0 aliphatic carbocycles. The zero-order chi connectivity index (χ0) is 10.1. The Kier molecular flexibility index (Phi) is 1.98. The number of aliphatic hydroxyl groups is 1. The molecule has 0 aliphatic heterocycles. The number of hydrogen-bond acceptors (Lipinski definition) is 2. The lowest BCUT2D eigenvalue weighted by Crippen LogP contribution is -2.10. The molecule has 0 amide bonds. The van der Waals surface area contributed by atoms with E-state index in [9.17, 15) is 9.90 Å². The van der Waals surface area contributed by atoms with E-state index < -0.39 is 12.1 Å². The predicted molar refractivity (Wildman–Crippen MR) is 50.9 cm³/mol. The monoisotopic (exact) mass is 191 g/mol. The number of nitrogens with one attached hydrogen (secondary N) is 1. The van der Waals surface area contributed by atoms with Crippen LogP contribution in [0.4, 0.5) is 0 Å². The van der Waals surface area contributed by atoms with E-state index in [0.29, 0.717) is 5.69 Å². The summed E-state index contributed by atoms with van der Waals surface area (Å²) in [5, 5.41) is 18.8. The first kappa shape index (κ1) is 8.77. The van der Waals surface area contributed by atoms with Gasteiger partial charge in [-0.2, -0.15) is 0 Å². The van der Waals surface area contributed by atoms with Gasteiger partial charge in [0.15, 0.2) is 6.10 Å². The van der Waals surface area contributed by atoms with Gasteiger partial charge in [0.25, 0.3) is 0 Å². The molecule has 0 spiro atoms. The number of H-pyrrole nitrogens is 1. The molecule has 4 nitrogen and oxygen atoms in total. The number of aromatic amines is 1. The summed E-state index contributed by atoms with van der Waals surface area (Å²) in [6.07, 6.45) is -1.48. The second kappa shape index (κ2) is 3.16. The number of carboxylic acid groups (broad SMARTS) is 1. The number of rotatable bonds is 2. The first-order valence-electron chi connectivity index (χ1n) is 4.17. The van der Waals surface area contributed by atoms with Gasteiger partial charge in [-0.1, -0.05) is 18.2 Å². The second-order valence-electron chi connectivity index (χ2n) is 3.05. The Morgan fingerprint density at radius 3 is 2.71 bits per heavy atom. The molecule has 3 N–H and O–H groups in total. The highest BCUT2D eigenvalue weighted by molar-refractivity contribution is 5.83. The van der Waals surface area contributed by atoms with Crippen molar-refractivity contribution in [3.05, 3.63) is 36.0 Å². The van der Waals surface area contributed by atoms with Crippen LogP contribution in [0.2, 0.25) is 0 Å². The van der Waals surface area contributed by atoms with E-state index in [4.69, 9.17) is 5.11 Å². The number of benzene rings is 1. The van der Waals surface area contributed by atoms with Crippen molar-refractivity contribution in [3.8, 4) is 0 Å². The van der Waals surface area contributed by atoms with Gasteiger partial charge in [-0.15, -0.1) is 0 Å². The average molecular weight is 191 g/mol. The first-order valence-corrected chi connectivity index (χ1v) is 4.17. The van der Waals surface area contributed by atoms with Crippen LogP contribution < -0.4 is 0 Å². The van der Waals surface area contributed by atoms with Crippen LogP contribution >= 0.6 is 0 Å². The lowest BCUT2D eigenvalue weighted by molar-refractivity contribution is -0.147. The third-order valence-electron chi connectivity index (χ3n) is 2.08. The van der Waals surface area contributed by atoms with Gasteiger partial charge < -0.3 is 15.2 Å². The van der Waals surface area contributed by atoms with Crippen LogP contribution in [0.3, 0.4) is 0 Å². The molecular weight excluding hydrogens is 182 g/mol. The van der Waals surface area contributed by atoms with Gasteiger partial charge in [-0.25, -0.2) is 4.79 Å². The zero-order valence-corrected chi connectivity index (χ0v) is 7.27. The van der Waals surface area contributed by atoms with Gasteiger partial charge in [0.05, 0.1) is 5.69 Å². The summed E-state index contributed by atoms with van der Waals surface area (Å²) in [6, 6.07) is 9.01. The largest absolute Gasteiger partial charge is 0.479 e. The van der Waals surface area contributed by atoms with Crippen LogP contribution in [0.15, 0.2) is 30.3 Å². The number of aliphatic hydroxyl groups excluding tert-OH is 1. The summed E-state index contributed by atoms with van der Waals surface area (Å²) >= 11 is 0. The molecule has 1 aromatic carbocycles. The predicted octanol–water partition coefficient (Wildman–Crippen LogP) is 1.29. The Balaban J connectivity index is 2.50. The second-order valence-corrected chi connectivity index (χ2v) is 3.05. The summed E-state index contributed by atoms with van der Waals surface area (Å²) in [7, 11) is 0. The minimum absolute atomic E-state index is 0.304. The van der Waals surface area contributed by atoms with Gasteiger partial charge in [0, 0.05) is 5.52 Å². The molecule has 2 rings (SSSR count). The van der Waals surface area contributed by atoms with Crippen LogP contribution in [-0.4, -0.2) is 21.2 Å². The number of aromatic nitrogens is 1. The third-order valence-corrected chi connectivity index (χ3v) is 2.08. The number of carbonyl (C=O) groups is 1. The number of aliphatic carboxylic acids is 1. The van der Waals surface area contributed by atoms with E-state index in [1.807, 2.05) is 24.3 Å². The standard InChI is InChI=1S/C10H9NO3/c12-9(10(13)14)8-5-6-3-1-2-4-7(6)11-8/h1-5,9,11-12H,(H,13,14). The molecule has 0 saturated heterocycles. The Hall–Kier alpha value is -1.81. The normalized spacial score (nSPS) is 12.9. The fourth-order valence-electron chi connectivity index (χ4n) is 1.38. The van der Waals surface area contributed by atoms with E-state index in [0.717, 1.165) is 10.9 Å². The summed E-state index contributed by atoms with van der Waals surface area (Å²) in [4.78, 5) is 13.4. The summed E-state index contributed by atoms with van der Waals surface area (Å²) in [6.45, 7) is 0. The molecule has 0 radical (unpaired) electrons. The van der Waals surface area contributed by atoms with Crippen LogP contribution in [0, 0.1) is 0 Å². The van der Waals surface area contributed by atoms with E-state index in [-0.39, 0.29) is 0 Å². The average Bonchev–Trinajstić information content (AvgIpc) is 2.59. The maximum absolute atomic E-state index is 10.5. The fraction of sp³-hybridized carbons (Fsp3) is 0.100. The maximum Gasteiger partial charge on any atom is 0.338 e. The van der Waals surface area contributed by atoms with Crippen LogP contribution in [0.5, 0.6) is 0 Å². The molecule has 1 unspecified atom stereocenters. The van der Waals surface area contributed by atoms with Gasteiger partial charge >= 0.3 is 5.97 Å². The molecule has 4 heteroatoms. The van der Waals surface area contributed by atoms with Crippen molar-refractivity contribution in [2.24, 2.45) is 0 Å². The van der Waals surface area contributed by atoms with Crippen LogP contribution in [-0.2, 0) is 4.79 Å². The number of para-hydroxylation sites is 1. The van der Waals surface area contributed by atoms with Gasteiger partial charge in [0.1, 0.15) is 0 Å². The summed E-state index contributed by atoms with van der Waals surface area (Å²) in [5.41, 5.74) is 1.13. The smallest absolute Gasteiger partial charge is 0.338 e. The number of carboxylic acids is 1. The molecule has 0 saturated carbocycles. The molecule has 0 fully saturated rings. The molecule has 14 heavy (non-hydrogen) atoms. The minimum Gasteiger partial charge on any atom is -0.479 e. The van der Waals surface area contributed by atoms with E-state index in [1.165, 1.54) is 0 Å². The van der Waals surface area contributed by atoms with Crippen molar-refractivity contribution in [1.29, 1.82) is 0 Å². The maximum atomic E-state index is 10.5. The van der Waals surface area contributed by atoms with Crippen molar-refractivity contribution in [1.82, 2.24) is 4.98 Å². The highest BCUT2D eigenvalue weighted by Crippen LogP contribution is 2.19. The third kappa shape index (κ3) is 1.36. The van der Waals surface area contributed by atoms with Gasteiger partial charge in [0.2, 0.25) is 0 Å². The Bertz CT molecular complexity index is 442. The summed E-state index contributed by atoms with van der Waals surface area (Å²) < 4.78 is 0. The summed E-state index contributed by atoms with van der Waals surface area (Å²) in [5.74, 6) is -1.25. The van der Waals surface area contributed by atoms with E-state index in [2.05, 4.69) is 4.98 Å². The molecule has 1 atom stereocenters. The van der Waals surface area contributed by atoms with Gasteiger partial charge in [-0.05, 0) is 17.5 Å². The molecule has 2 aromatic rings. The molecular formula is C10H9NO3. The van der Waals surface area contributed by atoms with E-state index >= 15 is 0 Å². The highest BCUT2D eigenvalue weighted by Gasteiger charge is 2.17. The topological polar surface area (TPSA) is 73.3 Å². The SMILES string of the molecule is O=C(O)C(O)c1cc2ccccc2[nH]1. The van der Waals surface area contributed by atoms with Gasteiger partial charge in [-0.3, -0.25) is 0 Å². The minimum atomic E-state index is -1.48. The number of fused-ring (bicyclic) bond motifs is 1. The van der Waals surface area contributed by atoms with E-state index in [1.54, 1.807) is 6.07 Å². The Labute approximate surface area is 79.8 Å². The van der Waals surface area contributed by atoms with Crippen molar-refractivity contribution >= 4 is 16.9 Å². The molecule has 0 aliphatic rings. The molecule has 72 valence electrons. The van der Waals surface area contributed by atoms with Crippen molar-refractivity contribution in [3.63, 3.8) is 0 Å². The quantitative estimate of drug-likeness (QED) is 0.669. The lowest BCUT2D eigenvalue weighted by atomic mass is 10.2. The fourth-order valence-corrected chi connectivity index (χ4v) is 1.38. The Morgan fingerprint density at radius 2 is 2.07 bits per heavy atom.